The van der Waals surface area contributed by atoms with Gasteiger partial charge >= 0.3 is 0 Å². The predicted molar refractivity (Wildman–Crippen MR) is 96.3 cm³/mol. The van der Waals surface area contributed by atoms with E-state index in [1.807, 2.05) is 22.7 Å². The van der Waals surface area contributed by atoms with Gasteiger partial charge in [0.2, 0.25) is 0 Å². The van der Waals surface area contributed by atoms with Gasteiger partial charge in [0.15, 0.2) is 0 Å². The first-order chi connectivity index (χ1) is 12.2. The molecule has 6 heteroatoms. The Morgan fingerprint density at radius 3 is 2.84 bits per heavy atom. The summed E-state index contributed by atoms with van der Waals surface area (Å²) in [6, 6.07) is 6.61. The highest BCUT2D eigenvalue weighted by Crippen LogP contribution is 2.43. The van der Waals surface area contributed by atoms with Crippen LogP contribution in [0.2, 0.25) is 0 Å². The van der Waals surface area contributed by atoms with Crippen molar-refractivity contribution in [2.75, 3.05) is 6.54 Å². The molecule has 2 aliphatic heterocycles. The summed E-state index contributed by atoms with van der Waals surface area (Å²) < 4.78 is 13.2. The number of aromatic nitrogens is 2. The Morgan fingerprint density at radius 1 is 1.24 bits per heavy atom. The molecule has 2 atom stereocenters. The quantitative estimate of drug-likeness (QED) is 0.888. The molecule has 4 nitrogen and oxygen atoms in total. The van der Waals surface area contributed by atoms with Crippen LogP contribution < -0.4 is 0 Å². The van der Waals surface area contributed by atoms with Crippen LogP contribution in [-0.2, 0) is 4.79 Å². The molecule has 1 amide bonds. The topological polar surface area (TPSA) is 49.0 Å². The number of H-pyrrole nitrogens is 1. The van der Waals surface area contributed by atoms with E-state index in [1.165, 1.54) is 12.1 Å². The Hall–Kier alpha value is -2.08. The van der Waals surface area contributed by atoms with Crippen LogP contribution in [0.4, 0.5) is 4.39 Å². The van der Waals surface area contributed by atoms with E-state index in [1.54, 1.807) is 23.9 Å². The summed E-state index contributed by atoms with van der Waals surface area (Å²) in [7, 11) is 0. The maximum atomic E-state index is 13.2. The van der Waals surface area contributed by atoms with Crippen molar-refractivity contribution in [3.05, 3.63) is 64.6 Å². The normalized spacial score (nSPS) is 23.6. The number of carbonyl (C=O) groups is 1. The first-order valence-electron chi connectivity index (χ1n) is 8.62. The van der Waals surface area contributed by atoms with Crippen molar-refractivity contribution in [1.82, 2.24) is 15.1 Å². The highest BCUT2D eigenvalue weighted by atomic mass is 32.2. The number of rotatable bonds is 3. The molecular weight excluding hydrogens is 337 g/mol. The number of nitrogens with one attached hydrogen (secondary N) is 1. The molecule has 130 valence electrons. The van der Waals surface area contributed by atoms with Crippen LogP contribution in [0.5, 0.6) is 0 Å². The first-order valence-corrected chi connectivity index (χ1v) is 9.56. The van der Waals surface area contributed by atoms with Crippen LogP contribution in [-0.4, -0.2) is 27.5 Å². The molecule has 1 N–H and O–H groups in total. The van der Waals surface area contributed by atoms with Gasteiger partial charge in [0.1, 0.15) is 5.82 Å². The zero-order valence-corrected chi connectivity index (χ0v) is 14.6. The fourth-order valence-corrected chi connectivity index (χ4v) is 4.71. The number of halogens is 1. The zero-order valence-electron chi connectivity index (χ0n) is 13.8. The third-order valence-corrected chi connectivity index (χ3v) is 6.15. The van der Waals surface area contributed by atoms with Crippen molar-refractivity contribution in [3.63, 3.8) is 0 Å². The summed E-state index contributed by atoms with van der Waals surface area (Å²) in [5, 5.41) is 9.09. The second-order valence-corrected chi connectivity index (χ2v) is 7.64. The van der Waals surface area contributed by atoms with Crippen LogP contribution >= 0.6 is 11.8 Å². The number of carbonyl (C=O) groups excluding carboxylic acids is 1. The second kappa shape index (κ2) is 7.04. The lowest BCUT2D eigenvalue weighted by atomic mass is 9.94. The van der Waals surface area contributed by atoms with Crippen LogP contribution in [0.1, 0.15) is 48.1 Å². The monoisotopic (exact) mass is 357 g/mol. The molecule has 2 aliphatic rings. The van der Waals surface area contributed by atoms with E-state index >= 15 is 0 Å². The molecule has 1 saturated heterocycles. The van der Waals surface area contributed by atoms with E-state index in [0.717, 1.165) is 48.9 Å². The number of aromatic amines is 1. The third kappa shape index (κ3) is 3.35. The fourth-order valence-electron chi connectivity index (χ4n) is 3.62. The third-order valence-electron chi connectivity index (χ3n) is 4.96. The number of hydrogen-bond acceptors (Lipinski definition) is 3. The molecule has 4 rings (SSSR count). The minimum Gasteiger partial charge on any atom is -0.332 e. The van der Waals surface area contributed by atoms with Gasteiger partial charge in [-0.15, -0.1) is 11.8 Å². The maximum absolute atomic E-state index is 13.2. The minimum absolute atomic E-state index is 0.0423. The summed E-state index contributed by atoms with van der Waals surface area (Å²) in [4.78, 5) is 15.1. The van der Waals surface area contributed by atoms with Gasteiger partial charge in [0.25, 0.3) is 5.91 Å². The molecule has 1 fully saturated rings. The number of nitrogens with zero attached hydrogens (tertiary/aromatic N) is 2. The average molecular weight is 357 g/mol. The molecule has 25 heavy (non-hydrogen) atoms. The van der Waals surface area contributed by atoms with Gasteiger partial charge in [-0.05, 0) is 48.8 Å². The molecule has 0 spiro atoms. The molecule has 0 radical (unpaired) electrons. The maximum Gasteiger partial charge on any atom is 0.250 e. The molecule has 2 aromatic rings. The van der Waals surface area contributed by atoms with Crippen molar-refractivity contribution >= 4 is 17.7 Å². The average Bonchev–Trinajstić information content (AvgIpc) is 3.33. The molecule has 1 aromatic heterocycles. The van der Waals surface area contributed by atoms with Gasteiger partial charge < -0.3 is 4.90 Å². The molecular formula is C19H20FN3OS. The summed E-state index contributed by atoms with van der Waals surface area (Å²) in [5.74, 6) is -0.122. The Bertz CT molecular complexity index is 772. The lowest BCUT2D eigenvalue weighted by Crippen LogP contribution is -2.39. The van der Waals surface area contributed by atoms with E-state index in [4.69, 9.17) is 0 Å². The van der Waals surface area contributed by atoms with Crippen LogP contribution in [0, 0.1) is 5.82 Å². The lowest BCUT2D eigenvalue weighted by Gasteiger charge is -2.36. The Kier molecular flexibility index (Phi) is 4.61. The summed E-state index contributed by atoms with van der Waals surface area (Å²) >= 11 is 1.68. The van der Waals surface area contributed by atoms with Gasteiger partial charge in [0.05, 0.1) is 12.2 Å². The Balaban J connectivity index is 1.50. The van der Waals surface area contributed by atoms with Gasteiger partial charge in [0, 0.05) is 29.1 Å². The smallest absolute Gasteiger partial charge is 0.250 e. The van der Waals surface area contributed by atoms with Crippen LogP contribution in [0.25, 0.3) is 0 Å². The van der Waals surface area contributed by atoms with Crippen molar-refractivity contribution in [2.24, 2.45) is 0 Å². The van der Waals surface area contributed by atoms with Crippen LogP contribution in [0.15, 0.2) is 47.6 Å². The van der Waals surface area contributed by atoms with E-state index in [9.17, 15) is 9.18 Å². The number of hydrogen-bond donors (Lipinski definition) is 1. The second-order valence-electron chi connectivity index (χ2n) is 6.57. The van der Waals surface area contributed by atoms with Crippen LogP contribution in [0.3, 0.4) is 0 Å². The SMILES string of the molecule is O=C(C1=CSC(c2cn[nH]c2)C1)N1CCCC[C@H]1c1ccc(F)cc1. The summed E-state index contributed by atoms with van der Waals surface area (Å²) in [6.45, 7) is 0.763. The van der Waals surface area contributed by atoms with Gasteiger partial charge in [-0.25, -0.2) is 4.39 Å². The summed E-state index contributed by atoms with van der Waals surface area (Å²) in [6.07, 6.45) is 7.49. The van der Waals surface area contributed by atoms with E-state index < -0.39 is 0 Å². The minimum atomic E-state index is -0.240. The molecule has 0 aliphatic carbocycles. The number of thioether (sulfide) groups is 1. The highest BCUT2D eigenvalue weighted by Gasteiger charge is 2.33. The van der Waals surface area contributed by atoms with Crippen molar-refractivity contribution in [2.45, 2.75) is 37.0 Å². The number of benzene rings is 1. The molecule has 0 bridgehead atoms. The Labute approximate surface area is 150 Å². The fraction of sp³-hybridized carbons (Fsp3) is 0.368. The van der Waals surface area contributed by atoms with E-state index in [2.05, 4.69) is 10.2 Å². The van der Waals surface area contributed by atoms with Gasteiger partial charge in [-0.2, -0.15) is 5.10 Å². The largest absolute Gasteiger partial charge is 0.332 e. The molecule has 3 heterocycles. The lowest BCUT2D eigenvalue weighted by molar-refractivity contribution is -0.131. The predicted octanol–water partition coefficient (Wildman–Crippen LogP) is 4.36. The molecule has 0 saturated carbocycles. The van der Waals surface area contributed by atoms with E-state index in [0.29, 0.717) is 0 Å². The Morgan fingerprint density at radius 2 is 2.08 bits per heavy atom. The van der Waals surface area contributed by atoms with Gasteiger partial charge in [-0.1, -0.05) is 12.1 Å². The number of piperidine rings is 1. The van der Waals surface area contributed by atoms with Crippen molar-refractivity contribution < 1.29 is 9.18 Å². The van der Waals surface area contributed by atoms with E-state index in [-0.39, 0.29) is 23.0 Å². The number of amides is 1. The molecule has 1 aromatic carbocycles. The zero-order chi connectivity index (χ0) is 17.2. The highest BCUT2D eigenvalue weighted by molar-refractivity contribution is 8.02. The number of likely N-dealkylation sites (tertiary alicyclic amines) is 1. The summed E-state index contributed by atoms with van der Waals surface area (Å²) in [5.41, 5.74) is 3.01. The molecule has 1 unspecified atom stereocenters. The van der Waals surface area contributed by atoms with Crippen molar-refractivity contribution in [3.8, 4) is 0 Å². The van der Waals surface area contributed by atoms with Crippen molar-refractivity contribution in [1.29, 1.82) is 0 Å². The standard InChI is InChI=1S/C19H20FN3OS/c20-16-6-4-13(5-7-16)17-3-1-2-8-23(17)19(24)14-9-18(25-12-14)15-10-21-22-11-15/h4-7,10-12,17-18H,1-3,8-9H2,(H,21,22)/t17-,18?/m0/s1. The van der Waals surface area contributed by atoms with Gasteiger partial charge in [-0.3, -0.25) is 9.89 Å². The first kappa shape index (κ1) is 16.4.